The first-order valence-corrected chi connectivity index (χ1v) is 10.5. The second-order valence-corrected chi connectivity index (χ2v) is 7.74. The van der Waals surface area contributed by atoms with Crippen LogP contribution < -0.4 is 5.32 Å². The monoisotopic (exact) mass is 453 g/mol. The summed E-state index contributed by atoms with van der Waals surface area (Å²) in [5.74, 6) is -0.359. The van der Waals surface area contributed by atoms with Crippen molar-refractivity contribution >= 4 is 16.8 Å². The highest BCUT2D eigenvalue weighted by atomic mass is 19.4. The molecule has 0 fully saturated rings. The summed E-state index contributed by atoms with van der Waals surface area (Å²) in [6.45, 7) is 0.480. The van der Waals surface area contributed by atoms with E-state index in [9.17, 15) is 23.1 Å². The van der Waals surface area contributed by atoms with Crippen molar-refractivity contribution < 1.29 is 23.1 Å². The smallest absolute Gasteiger partial charge is 0.416 e. The van der Waals surface area contributed by atoms with Crippen LogP contribution in [-0.4, -0.2) is 27.8 Å². The van der Waals surface area contributed by atoms with E-state index in [0.29, 0.717) is 18.5 Å². The van der Waals surface area contributed by atoms with Crippen LogP contribution in [0.15, 0.2) is 66.7 Å². The molecule has 0 aliphatic heterocycles. The van der Waals surface area contributed by atoms with Crippen LogP contribution in [0.5, 0.6) is 5.75 Å². The summed E-state index contributed by atoms with van der Waals surface area (Å²) < 4.78 is 38.3. The molecule has 0 saturated carbocycles. The zero-order valence-electron chi connectivity index (χ0n) is 17.6. The number of aromatic hydroxyl groups is 1. The number of halogens is 3. The van der Waals surface area contributed by atoms with Crippen LogP contribution in [0.1, 0.15) is 34.5 Å². The van der Waals surface area contributed by atoms with E-state index in [1.807, 2.05) is 18.2 Å². The molecule has 170 valence electrons. The number of nitrogens with zero attached hydrogens (tertiary/aromatic N) is 1. The number of aryl methyl sites for hydroxylation is 1. The fourth-order valence-corrected chi connectivity index (χ4v) is 3.68. The first-order valence-electron chi connectivity index (χ1n) is 10.5. The number of unbranched alkanes of at least 4 members (excludes halogenated alkanes) is 1. The Bertz CT molecular complexity index is 1260. The number of phenolic OH excluding ortho intramolecular Hbond substituents is 1. The summed E-state index contributed by atoms with van der Waals surface area (Å²) >= 11 is 0. The van der Waals surface area contributed by atoms with Crippen LogP contribution in [0.2, 0.25) is 0 Å². The number of rotatable bonds is 7. The van der Waals surface area contributed by atoms with Crippen molar-refractivity contribution in [1.82, 2.24) is 15.5 Å². The lowest BCUT2D eigenvalue weighted by atomic mass is 10.0. The third-order valence-electron chi connectivity index (χ3n) is 5.46. The number of carbonyl (C=O) groups is 1. The van der Waals surface area contributed by atoms with Gasteiger partial charge in [-0.2, -0.15) is 18.3 Å². The summed E-state index contributed by atoms with van der Waals surface area (Å²) in [5.41, 5.74) is 2.79. The second-order valence-electron chi connectivity index (χ2n) is 7.74. The standard InChI is InChI=1S/C25H22F3N3O2/c26-25(27,28)18-11-8-16(9-12-18)17-10-13-19-21(30-31-22(19)15-17)6-3-4-14-29-24(33)20-5-1-2-7-23(20)32/h1-2,5,7-13,15,32H,3-4,6,14H2,(H,29,33)(H,30,31). The van der Waals surface area contributed by atoms with Crippen molar-refractivity contribution in [1.29, 1.82) is 0 Å². The molecule has 5 nitrogen and oxygen atoms in total. The number of phenols is 1. The van der Waals surface area contributed by atoms with E-state index in [-0.39, 0.29) is 17.2 Å². The third-order valence-corrected chi connectivity index (χ3v) is 5.46. The van der Waals surface area contributed by atoms with Gasteiger partial charge in [0, 0.05) is 11.9 Å². The molecular formula is C25H22F3N3O2. The first-order chi connectivity index (χ1) is 15.8. The quantitative estimate of drug-likeness (QED) is 0.314. The van der Waals surface area contributed by atoms with Crippen LogP contribution in [0.25, 0.3) is 22.0 Å². The highest BCUT2D eigenvalue weighted by Gasteiger charge is 2.30. The molecule has 0 radical (unpaired) electrons. The van der Waals surface area contributed by atoms with Gasteiger partial charge in [-0.3, -0.25) is 9.89 Å². The van der Waals surface area contributed by atoms with E-state index in [1.165, 1.54) is 18.2 Å². The van der Waals surface area contributed by atoms with Crippen LogP contribution in [0, 0.1) is 0 Å². The van der Waals surface area contributed by atoms with E-state index in [1.54, 1.807) is 18.2 Å². The molecule has 0 aliphatic rings. The molecule has 3 N–H and O–H groups in total. The maximum atomic E-state index is 12.8. The van der Waals surface area contributed by atoms with Gasteiger partial charge >= 0.3 is 6.18 Å². The largest absolute Gasteiger partial charge is 0.507 e. The lowest BCUT2D eigenvalue weighted by Crippen LogP contribution is -2.24. The molecule has 0 unspecified atom stereocenters. The molecule has 1 amide bonds. The van der Waals surface area contributed by atoms with Gasteiger partial charge < -0.3 is 10.4 Å². The SMILES string of the molecule is O=C(NCCCCc1n[nH]c2cc(-c3ccc(C(F)(F)F)cc3)ccc12)c1ccccc1O. The molecule has 4 rings (SSSR count). The molecule has 1 aromatic heterocycles. The maximum Gasteiger partial charge on any atom is 0.416 e. The first kappa shape index (κ1) is 22.4. The Kier molecular flexibility index (Phi) is 6.35. The van der Waals surface area contributed by atoms with Crippen LogP contribution in [-0.2, 0) is 12.6 Å². The normalized spacial score (nSPS) is 11.6. The Hall–Kier alpha value is -3.81. The summed E-state index contributed by atoms with van der Waals surface area (Å²) in [6.07, 6.45) is -2.09. The number of H-pyrrole nitrogens is 1. The lowest BCUT2D eigenvalue weighted by Gasteiger charge is -2.08. The molecule has 0 atom stereocenters. The molecule has 0 aliphatic carbocycles. The van der Waals surface area contributed by atoms with Gasteiger partial charge in [-0.25, -0.2) is 0 Å². The number of para-hydroxylation sites is 1. The van der Waals surface area contributed by atoms with Gasteiger partial charge in [-0.05, 0) is 60.7 Å². The molecule has 3 aromatic carbocycles. The minimum atomic E-state index is -4.35. The molecule has 0 bridgehead atoms. The number of hydrogen-bond acceptors (Lipinski definition) is 3. The van der Waals surface area contributed by atoms with Crippen molar-refractivity contribution in [2.24, 2.45) is 0 Å². The predicted molar refractivity (Wildman–Crippen MR) is 120 cm³/mol. The number of amides is 1. The van der Waals surface area contributed by atoms with Crippen molar-refractivity contribution in [2.45, 2.75) is 25.4 Å². The number of aromatic amines is 1. The van der Waals surface area contributed by atoms with Gasteiger partial charge in [-0.15, -0.1) is 0 Å². The van der Waals surface area contributed by atoms with Crippen LogP contribution in [0.4, 0.5) is 13.2 Å². The zero-order chi connectivity index (χ0) is 23.4. The average molecular weight is 453 g/mol. The minimum absolute atomic E-state index is 0.0475. The number of fused-ring (bicyclic) bond motifs is 1. The number of carbonyl (C=O) groups excluding carboxylic acids is 1. The van der Waals surface area contributed by atoms with Crippen molar-refractivity contribution in [3.8, 4) is 16.9 Å². The summed E-state index contributed by atoms with van der Waals surface area (Å²) in [5, 5.41) is 20.9. The number of nitrogens with one attached hydrogen (secondary N) is 2. The Morgan fingerprint density at radius 3 is 2.42 bits per heavy atom. The maximum absolute atomic E-state index is 12.8. The summed E-state index contributed by atoms with van der Waals surface area (Å²) in [6, 6.07) is 17.1. The van der Waals surface area contributed by atoms with E-state index in [2.05, 4.69) is 15.5 Å². The highest BCUT2D eigenvalue weighted by Crippen LogP contribution is 2.32. The molecule has 0 saturated heterocycles. The Balaban J connectivity index is 1.33. The highest BCUT2D eigenvalue weighted by molar-refractivity contribution is 5.96. The number of alkyl halides is 3. The lowest BCUT2D eigenvalue weighted by molar-refractivity contribution is -0.137. The number of hydrogen-bond donors (Lipinski definition) is 3. The Morgan fingerprint density at radius 1 is 0.970 bits per heavy atom. The van der Waals surface area contributed by atoms with E-state index < -0.39 is 11.7 Å². The molecule has 4 aromatic rings. The Morgan fingerprint density at radius 2 is 1.70 bits per heavy atom. The van der Waals surface area contributed by atoms with Crippen molar-refractivity contribution in [2.75, 3.05) is 6.54 Å². The number of aromatic nitrogens is 2. The van der Waals surface area contributed by atoms with E-state index in [4.69, 9.17) is 0 Å². The molecule has 1 heterocycles. The molecule has 8 heteroatoms. The van der Waals surface area contributed by atoms with Gasteiger partial charge in [-0.1, -0.05) is 36.4 Å². The number of benzene rings is 3. The summed E-state index contributed by atoms with van der Waals surface area (Å²) in [4.78, 5) is 12.1. The van der Waals surface area contributed by atoms with Crippen molar-refractivity contribution in [3.63, 3.8) is 0 Å². The minimum Gasteiger partial charge on any atom is -0.507 e. The van der Waals surface area contributed by atoms with Crippen LogP contribution >= 0.6 is 0 Å². The predicted octanol–water partition coefficient (Wildman–Crippen LogP) is 5.71. The van der Waals surface area contributed by atoms with Gasteiger partial charge in [0.15, 0.2) is 0 Å². The topological polar surface area (TPSA) is 78.0 Å². The molecular weight excluding hydrogens is 431 g/mol. The Labute approximate surface area is 188 Å². The fraction of sp³-hybridized carbons (Fsp3) is 0.200. The fourth-order valence-electron chi connectivity index (χ4n) is 3.68. The second kappa shape index (κ2) is 9.36. The third kappa shape index (κ3) is 5.16. The van der Waals surface area contributed by atoms with Gasteiger partial charge in [0.05, 0.1) is 22.3 Å². The van der Waals surface area contributed by atoms with Gasteiger partial charge in [0.2, 0.25) is 0 Å². The zero-order valence-corrected chi connectivity index (χ0v) is 17.6. The van der Waals surface area contributed by atoms with E-state index >= 15 is 0 Å². The molecule has 0 spiro atoms. The van der Waals surface area contributed by atoms with Gasteiger partial charge in [0.1, 0.15) is 5.75 Å². The summed E-state index contributed by atoms with van der Waals surface area (Å²) in [7, 11) is 0. The average Bonchev–Trinajstić information content (AvgIpc) is 3.21. The van der Waals surface area contributed by atoms with E-state index in [0.717, 1.165) is 47.1 Å². The van der Waals surface area contributed by atoms with Gasteiger partial charge in [0.25, 0.3) is 5.91 Å². The van der Waals surface area contributed by atoms with Crippen molar-refractivity contribution in [3.05, 3.63) is 83.6 Å². The molecule has 33 heavy (non-hydrogen) atoms. The van der Waals surface area contributed by atoms with Crippen LogP contribution in [0.3, 0.4) is 0 Å².